The molecule has 19 heavy (non-hydrogen) atoms. The first kappa shape index (κ1) is 16.0. The maximum atomic E-state index is 12.6. The molecule has 108 valence electrons. The number of hydrogen-bond donors (Lipinski definition) is 1. The van der Waals surface area contributed by atoms with E-state index in [0.717, 1.165) is 6.07 Å². The lowest BCUT2D eigenvalue weighted by Gasteiger charge is -2.38. The highest BCUT2D eigenvalue weighted by Gasteiger charge is 2.32. The second-order valence-corrected chi connectivity index (χ2v) is 5.56. The minimum absolute atomic E-state index is 0.244. The lowest BCUT2D eigenvalue weighted by molar-refractivity contribution is -0.137. The van der Waals surface area contributed by atoms with E-state index >= 15 is 0 Å². The Hall–Kier alpha value is -1.07. The van der Waals surface area contributed by atoms with E-state index in [4.69, 9.17) is 5.73 Å². The Labute approximate surface area is 112 Å². The van der Waals surface area contributed by atoms with Crippen molar-refractivity contribution in [3.05, 3.63) is 35.4 Å². The molecule has 5 heteroatoms. The third-order valence-electron chi connectivity index (χ3n) is 3.77. The van der Waals surface area contributed by atoms with E-state index in [1.807, 2.05) is 32.8 Å². The van der Waals surface area contributed by atoms with E-state index in [2.05, 4.69) is 0 Å². The molecule has 0 fully saturated rings. The maximum Gasteiger partial charge on any atom is 0.416 e. The minimum atomic E-state index is -4.31. The Kier molecular flexibility index (Phi) is 4.63. The molecule has 0 spiro atoms. The van der Waals surface area contributed by atoms with E-state index in [-0.39, 0.29) is 11.6 Å². The standard InChI is InChI=1S/C14H21F3N2/c1-13(2,19(3)4)12(18)9-10-6-5-7-11(8-10)14(15,16)17/h5-8,12H,9,18H2,1-4H3. The van der Waals surface area contributed by atoms with Gasteiger partial charge in [-0.15, -0.1) is 0 Å². The molecule has 0 aliphatic heterocycles. The van der Waals surface area contributed by atoms with Gasteiger partial charge in [-0.25, -0.2) is 0 Å². The second-order valence-electron chi connectivity index (χ2n) is 5.56. The van der Waals surface area contributed by atoms with Gasteiger partial charge in [-0.2, -0.15) is 13.2 Å². The van der Waals surface area contributed by atoms with Gasteiger partial charge in [0.05, 0.1) is 5.56 Å². The molecule has 0 heterocycles. The van der Waals surface area contributed by atoms with Crippen molar-refractivity contribution in [2.75, 3.05) is 14.1 Å². The summed E-state index contributed by atoms with van der Waals surface area (Å²) in [5, 5.41) is 0. The van der Waals surface area contributed by atoms with Crippen LogP contribution < -0.4 is 5.73 Å². The summed E-state index contributed by atoms with van der Waals surface area (Å²) in [4.78, 5) is 1.98. The fourth-order valence-electron chi connectivity index (χ4n) is 1.71. The molecule has 1 aromatic rings. The number of halogens is 3. The zero-order valence-corrected chi connectivity index (χ0v) is 11.8. The molecule has 0 saturated heterocycles. The molecule has 0 bridgehead atoms. The predicted octanol–water partition coefficient (Wildman–Crippen LogP) is 2.92. The first-order valence-electron chi connectivity index (χ1n) is 6.14. The first-order chi connectivity index (χ1) is 8.55. The van der Waals surface area contributed by atoms with Crippen LogP contribution in [0.4, 0.5) is 13.2 Å². The van der Waals surface area contributed by atoms with Gasteiger partial charge in [0.2, 0.25) is 0 Å². The molecule has 0 amide bonds. The van der Waals surface area contributed by atoms with Gasteiger partial charge in [-0.1, -0.05) is 18.2 Å². The van der Waals surface area contributed by atoms with Gasteiger partial charge in [-0.05, 0) is 46.0 Å². The average Bonchev–Trinajstić information content (AvgIpc) is 2.27. The van der Waals surface area contributed by atoms with Crippen LogP contribution in [0, 0.1) is 0 Å². The highest BCUT2D eigenvalue weighted by molar-refractivity contribution is 5.26. The van der Waals surface area contributed by atoms with Crippen LogP contribution in [0.15, 0.2) is 24.3 Å². The lowest BCUT2D eigenvalue weighted by atomic mass is 9.88. The second kappa shape index (κ2) is 5.51. The molecule has 0 aliphatic carbocycles. The zero-order chi connectivity index (χ0) is 14.8. The minimum Gasteiger partial charge on any atom is -0.326 e. The van der Waals surface area contributed by atoms with Crippen molar-refractivity contribution in [1.82, 2.24) is 4.90 Å². The molecule has 2 N–H and O–H groups in total. The molecule has 1 rings (SSSR count). The van der Waals surface area contributed by atoms with E-state index in [0.29, 0.717) is 12.0 Å². The van der Waals surface area contributed by atoms with Gasteiger partial charge < -0.3 is 10.6 Å². The summed E-state index contributed by atoms with van der Waals surface area (Å²) in [7, 11) is 3.82. The number of alkyl halides is 3. The molecule has 1 atom stereocenters. The Balaban J connectivity index is 2.89. The Bertz CT molecular complexity index is 425. The SMILES string of the molecule is CN(C)C(C)(C)C(N)Cc1cccc(C(F)(F)F)c1. The summed E-state index contributed by atoms with van der Waals surface area (Å²) in [5.41, 5.74) is 5.82. The third kappa shape index (κ3) is 3.94. The van der Waals surface area contributed by atoms with Crippen LogP contribution in [-0.4, -0.2) is 30.6 Å². The normalized spacial score (nSPS) is 14.8. The van der Waals surface area contributed by atoms with Crippen LogP contribution in [-0.2, 0) is 12.6 Å². The van der Waals surface area contributed by atoms with Crippen molar-refractivity contribution in [2.24, 2.45) is 5.73 Å². The van der Waals surface area contributed by atoms with Crippen LogP contribution >= 0.6 is 0 Å². The van der Waals surface area contributed by atoms with Crippen molar-refractivity contribution in [3.8, 4) is 0 Å². The monoisotopic (exact) mass is 274 g/mol. The fraction of sp³-hybridized carbons (Fsp3) is 0.571. The number of nitrogens with two attached hydrogens (primary N) is 1. The van der Waals surface area contributed by atoms with Crippen LogP contribution in [0.3, 0.4) is 0 Å². The van der Waals surface area contributed by atoms with E-state index in [1.165, 1.54) is 12.1 Å². The van der Waals surface area contributed by atoms with Crippen LogP contribution in [0.1, 0.15) is 25.0 Å². The van der Waals surface area contributed by atoms with Gasteiger partial charge in [0.1, 0.15) is 0 Å². The Morgan fingerprint density at radius 1 is 1.21 bits per heavy atom. The average molecular weight is 274 g/mol. The number of rotatable bonds is 4. The largest absolute Gasteiger partial charge is 0.416 e. The van der Waals surface area contributed by atoms with Gasteiger partial charge in [-0.3, -0.25) is 0 Å². The molecule has 0 saturated carbocycles. The van der Waals surface area contributed by atoms with Crippen molar-refractivity contribution in [1.29, 1.82) is 0 Å². The summed E-state index contributed by atoms with van der Waals surface area (Å²) in [6.45, 7) is 3.95. The summed E-state index contributed by atoms with van der Waals surface area (Å²) in [6, 6.07) is 5.11. The third-order valence-corrected chi connectivity index (χ3v) is 3.77. The van der Waals surface area contributed by atoms with Crippen LogP contribution in [0.5, 0.6) is 0 Å². The van der Waals surface area contributed by atoms with E-state index in [1.54, 1.807) is 6.07 Å². The predicted molar refractivity (Wildman–Crippen MR) is 70.9 cm³/mol. The van der Waals surface area contributed by atoms with Gasteiger partial charge in [0, 0.05) is 11.6 Å². The van der Waals surface area contributed by atoms with E-state index < -0.39 is 11.7 Å². The summed E-state index contributed by atoms with van der Waals surface area (Å²) >= 11 is 0. The fourth-order valence-corrected chi connectivity index (χ4v) is 1.71. The summed E-state index contributed by atoms with van der Waals surface area (Å²) in [5.74, 6) is 0. The molecule has 1 aromatic carbocycles. The molecular weight excluding hydrogens is 253 g/mol. The lowest BCUT2D eigenvalue weighted by Crippen LogP contribution is -2.54. The smallest absolute Gasteiger partial charge is 0.326 e. The van der Waals surface area contributed by atoms with Crippen molar-refractivity contribution >= 4 is 0 Å². The Morgan fingerprint density at radius 3 is 2.26 bits per heavy atom. The number of hydrogen-bond acceptors (Lipinski definition) is 2. The van der Waals surface area contributed by atoms with Gasteiger partial charge in [0.25, 0.3) is 0 Å². The number of likely N-dealkylation sites (N-methyl/N-ethyl adjacent to an activating group) is 1. The van der Waals surface area contributed by atoms with Crippen LogP contribution in [0.2, 0.25) is 0 Å². The summed E-state index contributed by atoms with van der Waals surface area (Å²) in [6.07, 6.45) is -3.90. The van der Waals surface area contributed by atoms with Crippen molar-refractivity contribution in [3.63, 3.8) is 0 Å². The molecule has 0 aliphatic rings. The van der Waals surface area contributed by atoms with Gasteiger partial charge >= 0.3 is 6.18 Å². The number of benzene rings is 1. The number of nitrogens with zero attached hydrogens (tertiary/aromatic N) is 1. The van der Waals surface area contributed by atoms with E-state index in [9.17, 15) is 13.2 Å². The molecule has 0 aromatic heterocycles. The highest BCUT2D eigenvalue weighted by Crippen LogP contribution is 2.30. The highest BCUT2D eigenvalue weighted by atomic mass is 19.4. The quantitative estimate of drug-likeness (QED) is 0.914. The molecule has 2 nitrogen and oxygen atoms in total. The maximum absolute atomic E-state index is 12.6. The van der Waals surface area contributed by atoms with Gasteiger partial charge in [0.15, 0.2) is 0 Å². The van der Waals surface area contributed by atoms with Crippen molar-refractivity contribution < 1.29 is 13.2 Å². The zero-order valence-electron chi connectivity index (χ0n) is 11.8. The van der Waals surface area contributed by atoms with Crippen molar-refractivity contribution in [2.45, 2.75) is 38.0 Å². The molecule has 0 radical (unpaired) electrons. The topological polar surface area (TPSA) is 29.3 Å². The summed E-state index contributed by atoms with van der Waals surface area (Å²) < 4.78 is 37.9. The van der Waals surface area contributed by atoms with Crippen LogP contribution in [0.25, 0.3) is 0 Å². The molecule has 1 unspecified atom stereocenters. The molecular formula is C14H21F3N2. The first-order valence-corrected chi connectivity index (χ1v) is 6.14. The Morgan fingerprint density at radius 2 is 1.79 bits per heavy atom.